The van der Waals surface area contributed by atoms with Gasteiger partial charge in [0.25, 0.3) is 6.01 Å². The Morgan fingerprint density at radius 3 is 2.57 bits per heavy atom. The van der Waals surface area contributed by atoms with Crippen molar-refractivity contribution in [2.75, 3.05) is 46.4 Å². The fraction of sp³-hybridized carbons (Fsp3) is 0.333. The van der Waals surface area contributed by atoms with Crippen LogP contribution in [-0.2, 0) is 17.9 Å². The van der Waals surface area contributed by atoms with Crippen LogP contribution < -0.4 is 14.2 Å². The number of furan rings is 1. The molecule has 0 aliphatic carbocycles. The second-order valence-electron chi connectivity index (χ2n) is 13.3. The maximum Gasteiger partial charge on any atom is 0.408 e. The molecule has 5 heterocycles. The topological polar surface area (TPSA) is 128 Å². The highest BCUT2D eigenvalue weighted by Crippen LogP contribution is 2.50. The molecule has 6 aromatic rings. The van der Waals surface area contributed by atoms with E-state index in [4.69, 9.17) is 33.0 Å². The summed E-state index contributed by atoms with van der Waals surface area (Å²) < 4.78 is 111. The molecule has 7 rings (SSSR count). The Morgan fingerprint density at radius 2 is 1.84 bits per heavy atom. The molecule has 306 valence electrons. The van der Waals surface area contributed by atoms with Gasteiger partial charge in [-0.25, -0.2) is 19.2 Å². The van der Waals surface area contributed by atoms with Crippen molar-refractivity contribution >= 4 is 39.1 Å². The summed E-state index contributed by atoms with van der Waals surface area (Å²) in [5.74, 6) is -2.20. The van der Waals surface area contributed by atoms with Gasteiger partial charge >= 0.3 is 12.1 Å². The zero-order valence-electron chi connectivity index (χ0n) is 32.8. The van der Waals surface area contributed by atoms with E-state index >= 15 is 4.39 Å². The number of hydrogen-bond acceptors (Lipinski definition) is 11. The molecule has 0 bridgehead atoms. The van der Waals surface area contributed by atoms with E-state index in [-0.39, 0.29) is 26.9 Å². The lowest BCUT2D eigenvalue weighted by molar-refractivity contribution is -0.148. The molecular formula is C39H36ClF5N6O6S. The Kier molecular flexibility index (Phi) is 11.4. The third-order valence-corrected chi connectivity index (χ3v) is 11.0. The van der Waals surface area contributed by atoms with Crippen molar-refractivity contribution in [3.05, 3.63) is 95.0 Å². The molecule has 0 spiro atoms. The van der Waals surface area contributed by atoms with Gasteiger partial charge in [0.15, 0.2) is 6.17 Å². The smallest absolute Gasteiger partial charge is 0.408 e. The molecule has 1 N–H and O–H groups in total. The van der Waals surface area contributed by atoms with Crippen LogP contribution in [0.4, 0.5) is 22.0 Å². The molecule has 2 atom stereocenters. The third-order valence-electron chi connectivity index (χ3n) is 9.41. The molecule has 12 nitrogen and oxygen atoms in total. The molecule has 1 aliphatic heterocycles. The number of alkyl halides is 4. The van der Waals surface area contributed by atoms with Crippen LogP contribution in [0.3, 0.4) is 0 Å². The highest BCUT2D eigenvalue weighted by molar-refractivity contribution is 7.22. The van der Waals surface area contributed by atoms with Gasteiger partial charge in [-0.1, -0.05) is 35.9 Å². The molecule has 2 aromatic carbocycles. The van der Waals surface area contributed by atoms with Crippen molar-refractivity contribution in [1.82, 2.24) is 29.5 Å². The Labute approximate surface area is 340 Å². The lowest BCUT2D eigenvalue weighted by Gasteiger charge is -2.32. The van der Waals surface area contributed by atoms with Crippen molar-refractivity contribution in [2.45, 2.75) is 38.5 Å². The summed E-state index contributed by atoms with van der Waals surface area (Å²) >= 11 is 7.95. The van der Waals surface area contributed by atoms with Crippen LogP contribution in [0.25, 0.3) is 32.0 Å². The number of aliphatic carboxylic acids is 1. The zero-order chi connectivity index (χ0) is 42.9. The number of para-hydroxylation sites is 1. The molecule has 2 unspecified atom stereocenters. The molecular weight excluding hydrogens is 811 g/mol. The summed E-state index contributed by atoms with van der Waals surface area (Å²) in [5, 5.41) is 14.3. The normalized spacial score (nSPS) is 15.9. The van der Waals surface area contributed by atoms with Crippen molar-refractivity contribution in [2.24, 2.45) is 0 Å². The van der Waals surface area contributed by atoms with Crippen LogP contribution >= 0.6 is 22.9 Å². The van der Waals surface area contributed by atoms with E-state index in [1.54, 1.807) is 19.1 Å². The Morgan fingerprint density at radius 1 is 1.07 bits per heavy atom. The third kappa shape index (κ3) is 9.04. The molecule has 1 fully saturated rings. The van der Waals surface area contributed by atoms with Crippen LogP contribution in [0.5, 0.6) is 17.4 Å². The minimum Gasteiger partial charge on any atom is -0.491 e. The van der Waals surface area contributed by atoms with Crippen molar-refractivity contribution in [1.29, 1.82) is 0 Å². The zero-order valence-corrected chi connectivity index (χ0v) is 32.4. The average molecular weight is 849 g/mol. The maximum atomic E-state index is 16.7. The summed E-state index contributed by atoms with van der Waals surface area (Å²) in [6, 6.07) is 10.9. The monoisotopic (exact) mass is 848 g/mol. The maximum absolute atomic E-state index is 16.7. The number of piperazine rings is 1. The van der Waals surface area contributed by atoms with Gasteiger partial charge < -0.3 is 28.6 Å². The van der Waals surface area contributed by atoms with Gasteiger partial charge in [-0.05, 0) is 49.4 Å². The van der Waals surface area contributed by atoms with Gasteiger partial charge in [0.1, 0.15) is 48.1 Å². The summed E-state index contributed by atoms with van der Waals surface area (Å²) in [6.45, 7) is 1.88. The van der Waals surface area contributed by atoms with E-state index in [1.165, 1.54) is 18.2 Å². The Hall–Kier alpha value is -5.30. The fourth-order valence-electron chi connectivity index (χ4n) is 6.40. The standard InChI is InChI=1S/C39H36ClF5N6O6S/c1-22-24(7-8-27(32(22)40)54-18-17-50-15-13-49(2)14-16-50)30-31-36(46-21-47-37(31)58-35(30)28-9-10-29(41)56-28)57-34(38(52)53)33(42)25-5-3-4-6-26(25)55-19-23-11-12-48-51(23)20-39(43,44)45/h3-12,21,33-34H,13-20H2,1-2H3,(H,52,53)/i19D2. The molecule has 58 heavy (non-hydrogen) atoms. The number of ether oxygens (including phenoxy) is 3. The molecule has 0 saturated carbocycles. The van der Waals surface area contributed by atoms with Crippen LogP contribution in [0.2, 0.25) is 5.02 Å². The number of carbonyl (C=O) groups is 1. The predicted molar refractivity (Wildman–Crippen MR) is 205 cm³/mol. The number of carboxylic acids is 1. The second-order valence-corrected chi connectivity index (χ2v) is 14.7. The number of hydrogen-bond donors (Lipinski definition) is 1. The molecule has 1 aliphatic rings. The number of carboxylic acid groups (broad SMARTS) is 1. The minimum absolute atomic E-state index is 0.0922. The number of aromatic nitrogens is 4. The summed E-state index contributed by atoms with van der Waals surface area (Å²) in [5.41, 5.74) is 0.182. The molecule has 0 amide bonds. The largest absolute Gasteiger partial charge is 0.491 e. The van der Waals surface area contributed by atoms with Gasteiger partial charge in [-0.3, -0.25) is 9.58 Å². The lowest BCUT2D eigenvalue weighted by atomic mass is 9.97. The van der Waals surface area contributed by atoms with E-state index < -0.39 is 60.5 Å². The van der Waals surface area contributed by atoms with Crippen LogP contribution in [0, 0.1) is 12.9 Å². The number of likely N-dealkylation sites (N-methyl/N-ethyl adjacent to an activating group) is 1. The van der Waals surface area contributed by atoms with E-state index in [1.807, 2.05) is 0 Å². The highest BCUT2D eigenvalue weighted by atomic mass is 35.5. The molecule has 1 saturated heterocycles. The quantitative estimate of drug-likeness (QED) is 0.100. The predicted octanol–water partition coefficient (Wildman–Crippen LogP) is 8.23. The number of nitrogens with zero attached hydrogens (tertiary/aromatic N) is 6. The Bertz CT molecular complexity index is 2490. The first kappa shape index (κ1) is 38.2. The van der Waals surface area contributed by atoms with Crippen molar-refractivity contribution in [3.63, 3.8) is 0 Å². The fourth-order valence-corrected chi connectivity index (χ4v) is 7.73. The molecule has 19 heteroatoms. The van der Waals surface area contributed by atoms with E-state index in [9.17, 15) is 27.5 Å². The SMILES string of the molecule is [2H]C([2H])(Oc1ccccc1C(F)C(Oc1ncnc2sc(-c3ccc(F)o3)c(-c3ccc(OCCN4CCN(C)CC4)c(Cl)c3C)c12)C(=O)O)c1ccnn1CC(F)(F)F. The first-order chi connectivity index (χ1) is 28.5. The first-order valence-corrected chi connectivity index (χ1v) is 19.0. The van der Waals surface area contributed by atoms with Gasteiger partial charge in [0, 0.05) is 56.1 Å². The number of thiophene rings is 1. The average Bonchev–Trinajstić information content (AvgIpc) is 3.94. The molecule has 0 radical (unpaired) electrons. The number of benzene rings is 2. The van der Waals surface area contributed by atoms with Crippen molar-refractivity contribution < 1.29 is 53.2 Å². The lowest BCUT2D eigenvalue weighted by Crippen LogP contribution is -2.45. The Balaban J connectivity index is 1.23. The molecule has 4 aromatic heterocycles. The van der Waals surface area contributed by atoms with Gasteiger partial charge in [-0.2, -0.15) is 22.7 Å². The van der Waals surface area contributed by atoms with Crippen molar-refractivity contribution in [3.8, 4) is 39.1 Å². The number of fused-ring (bicyclic) bond motifs is 1. The highest BCUT2D eigenvalue weighted by Gasteiger charge is 2.36. The summed E-state index contributed by atoms with van der Waals surface area (Å²) in [7, 11) is 2.07. The minimum atomic E-state index is -4.75. The van der Waals surface area contributed by atoms with Gasteiger partial charge in [-0.15, -0.1) is 11.3 Å². The first-order valence-electron chi connectivity index (χ1n) is 18.8. The van der Waals surface area contributed by atoms with E-state index in [0.717, 1.165) is 74.3 Å². The summed E-state index contributed by atoms with van der Waals surface area (Å²) in [6.07, 6.45) is -7.65. The van der Waals surface area contributed by atoms with Crippen LogP contribution in [-0.4, -0.2) is 99.3 Å². The number of halogens is 6. The van der Waals surface area contributed by atoms with E-state index in [0.29, 0.717) is 45.2 Å². The van der Waals surface area contributed by atoms with E-state index in [2.05, 4.69) is 31.9 Å². The van der Waals surface area contributed by atoms with Gasteiger partial charge in [0.2, 0.25) is 12.0 Å². The second kappa shape index (κ2) is 17.3. The summed E-state index contributed by atoms with van der Waals surface area (Å²) in [4.78, 5) is 26.5. The number of rotatable bonds is 15. The van der Waals surface area contributed by atoms with Crippen LogP contribution in [0.15, 0.2) is 71.5 Å². The van der Waals surface area contributed by atoms with Crippen LogP contribution in [0.1, 0.15) is 25.7 Å². The van der Waals surface area contributed by atoms with Gasteiger partial charge in [0.05, 0.1) is 23.7 Å².